The molecule has 78 heavy (non-hydrogen) atoms. The molecule has 0 bridgehead atoms. The summed E-state index contributed by atoms with van der Waals surface area (Å²) in [5, 5.41) is 0. The van der Waals surface area contributed by atoms with Gasteiger partial charge in [-0.3, -0.25) is 14.4 Å². The quantitative estimate of drug-likeness (QED) is 0.0261. The van der Waals surface area contributed by atoms with Crippen LogP contribution >= 0.6 is 0 Å². The fourth-order valence-electron chi connectivity index (χ4n) is 8.91. The van der Waals surface area contributed by atoms with Gasteiger partial charge in [0.1, 0.15) is 13.2 Å². The van der Waals surface area contributed by atoms with Crippen molar-refractivity contribution in [3.63, 3.8) is 0 Å². The van der Waals surface area contributed by atoms with Crippen molar-refractivity contribution in [3.8, 4) is 0 Å². The van der Waals surface area contributed by atoms with Gasteiger partial charge in [-0.15, -0.1) is 0 Å². The van der Waals surface area contributed by atoms with Crippen molar-refractivity contribution in [2.45, 2.75) is 303 Å². The van der Waals surface area contributed by atoms with Gasteiger partial charge in [0.15, 0.2) is 6.10 Å². The molecule has 0 aliphatic heterocycles. The molecule has 0 aromatic heterocycles. The predicted molar refractivity (Wildman–Crippen MR) is 339 cm³/mol. The van der Waals surface area contributed by atoms with Crippen molar-refractivity contribution in [2.75, 3.05) is 13.2 Å². The molecule has 6 nitrogen and oxygen atoms in total. The molecule has 0 rings (SSSR count). The van der Waals surface area contributed by atoms with Crippen LogP contribution in [0, 0.1) is 0 Å². The first-order valence-corrected chi connectivity index (χ1v) is 32.5. The van der Waals surface area contributed by atoms with E-state index in [9.17, 15) is 14.4 Å². The van der Waals surface area contributed by atoms with Crippen LogP contribution in [0.5, 0.6) is 0 Å². The number of allylic oxidation sites excluding steroid dienone is 20. The maximum absolute atomic E-state index is 12.9. The van der Waals surface area contributed by atoms with Crippen molar-refractivity contribution in [1.82, 2.24) is 0 Å². The van der Waals surface area contributed by atoms with Gasteiger partial charge in [-0.2, -0.15) is 0 Å². The van der Waals surface area contributed by atoms with Gasteiger partial charge in [0.2, 0.25) is 0 Å². The minimum Gasteiger partial charge on any atom is -0.462 e. The summed E-state index contributed by atoms with van der Waals surface area (Å²) in [5.74, 6) is -0.924. The molecule has 1 unspecified atom stereocenters. The highest BCUT2D eigenvalue weighted by Crippen LogP contribution is 2.16. The number of carbonyl (C=O) groups excluding carboxylic acids is 3. The standard InChI is InChI=1S/C72H120O6/c1-4-7-10-13-16-19-22-25-28-31-33-34-35-36-37-38-40-41-44-47-50-53-56-59-62-65-71(74)77-68-69(67-76-70(73)64-61-58-55-52-49-46-43-30-27-24-21-18-15-12-9-6-3)78-72(75)66-63-60-57-54-51-48-45-42-39-32-29-26-23-20-17-14-11-8-5-2/h7-8,10-11,16-17,19-20,25-26,28-29,33-34,36-37,39,42,48,51,69H,4-6,9,12-15,18,21-24,27,30-32,35,38,40-41,43-47,49-50,52-68H2,1-3H3/b10-7-,11-8-,19-16-,20-17-,28-25-,29-26-,34-33-,37-36-,42-39-,51-48-. The molecular weight excluding hydrogens is 961 g/mol. The lowest BCUT2D eigenvalue weighted by Crippen LogP contribution is -2.30. The van der Waals surface area contributed by atoms with Gasteiger partial charge in [-0.25, -0.2) is 0 Å². The number of hydrogen-bond donors (Lipinski definition) is 0. The molecule has 0 fully saturated rings. The fourth-order valence-corrected chi connectivity index (χ4v) is 8.91. The highest BCUT2D eigenvalue weighted by molar-refractivity contribution is 5.71. The normalized spacial score (nSPS) is 12.9. The highest BCUT2D eigenvalue weighted by atomic mass is 16.6. The van der Waals surface area contributed by atoms with Crippen molar-refractivity contribution >= 4 is 17.9 Å². The van der Waals surface area contributed by atoms with Crippen LogP contribution in [0.2, 0.25) is 0 Å². The number of carbonyl (C=O) groups is 3. The predicted octanol–water partition coefficient (Wildman–Crippen LogP) is 22.4. The average Bonchev–Trinajstić information content (AvgIpc) is 3.44. The van der Waals surface area contributed by atoms with E-state index in [4.69, 9.17) is 14.2 Å². The topological polar surface area (TPSA) is 78.9 Å². The first kappa shape index (κ1) is 73.8. The molecule has 0 saturated carbocycles. The zero-order valence-corrected chi connectivity index (χ0v) is 50.9. The Balaban J connectivity index is 4.42. The summed E-state index contributed by atoms with van der Waals surface area (Å²) >= 11 is 0. The molecule has 0 amide bonds. The van der Waals surface area contributed by atoms with Crippen LogP contribution in [0.25, 0.3) is 0 Å². The van der Waals surface area contributed by atoms with Gasteiger partial charge in [-0.05, 0) is 109 Å². The third kappa shape index (κ3) is 62.7. The number of rotatable bonds is 58. The van der Waals surface area contributed by atoms with Crippen molar-refractivity contribution in [3.05, 3.63) is 122 Å². The molecule has 0 saturated heterocycles. The minimum absolute atomic E-state index is 0.0931. The van der Waals surface area contributed by atoms with E-state index in [-0.39, 0.29) is 37.5 Å². The zero-order valence-electron chi connectivity index (χ0n) is 50.9. The molecule has 0 spiro atoms. The smallest absolute Gasteiger partial charge is 0.306 e. The van der Waals surface area contributed by atoms with Gasteiger partial charge in [0, 0.05) is 19.3 Å². The summed E-state index contributed by atoms with van der Waals surface area (Å²) < 4.78 is 16.9. The molecule has 6 heteroatoms. The molecule has 0 aliphatic rings. The number of hydrogen-bond acceptors (Lipinski definition) is 6. The molecule has 444 valence electrons. The second-order valence-electron chi connectivity index (χ2n) is 21.3. The largest absolute Gasteiger partial charge is 0.462 e. The minimum atomic E-state index is -0.801. The fraction of sp³-hybridized carbons (Fsp3) is 0.681. The van der Waals surface area contributed by atoms with E-state index in [1.54, 1.807) is 0 Å². The molecule has 0 aromatic carbocycles. The Hall–Kier alpha value is -4.19. The van der Waals surface area contributed by atoms with Crippen molar-refractivity contribution in [1.29, 1.82) is 0 Å². The van der Waals surface area contributed by atoms with E-state index in [1.165, 1.54) is 122 Å². The SMILES string of the molecule is CC/C=C\C/C=C\C/C=C\C/C=C\C/C=C\CCCCCCCCCCCC(=O)OCC(COC(=O)CCCCCCCCCCCCCCCCCC)OC(=O)CCCCC/C=C\C/C=C\C/C=C\C/C=C\C/C=C\CC. The summed E-state index contributed by atoms with van der Waals surface area (Å²) in [6.07, 6.45) is 90.6. The Morgan fingerprint density at radius 1 is 0.269 bits per heavy atom. The van der Waals surface area contributed by atoms with Crippen LogP contribution in [0.15, 0.2) is 122 Å². The molecule has 0 heterocycles. The van der Waals surface area contributed by atoms with E-state index in [2.05, 4.69) is 142 Å². The monoisotopic (exact) mass is 1080 g/mol. The first-order valence-electron chi connectivity index (χ1n) is 32.5. The third-order valence-corrected chi connectivity index (χ3v) is 13.7. The van der Waals surface area contributed by atoms with E-state index >= 15 is 0 Å². The molecule has 0 aromatic rings. The lowest BCUT2D eigenvalue weighted by molar-refractivity contribution is -0.167. The van der Waals surface area contributed by atoms with Crippen LogP contribution in [-0.2, 0) is 28.6 Å². The van der Waals surface area contributed by atoms with Crippen LogP contribution in [0.1, 0.15) is 297 Å². The zero-order chi connectivity index (χ0) is 56.4. The number of esters is 3. The lowest BCUT2D eigenvalue weighted by atomic mass is 10.0. The third-order valence-electron chi connectivity index (χ3n) is 13.7. The molecular formula is C72H120O6. The summed E-state index contributed by atoms with van der Waals surface area (Å²) in [7, 11) is 0. The Morgan fingerprint density at radius 3 is 0.795 bits per heavy atom. The van der Waals surface area contributed by atoms with Crippen LogP contribution in [0.4, 0.5) is 0 Å². The van der Waals surface area contributed by atoms with Gasteiger partial charge < -0.3 is 14.2 Å². The van der Waals surface area contributed by atoms with E-state index in [1.807, 2.05) is 0 Å². The highest BCUT2D eigenvalue weighted by Gasteiger charge is 2.19. The van der Waals surface area contributed by atoms with Crippen LogP contribution in [0.3, 0.4) is 0 Å². The molecule has 0 N–H and O–H groups in total. The Morgan fingerprint density at radius 2 is 0.500 bits per heavy atom. The summed E-state index contributed by atoms with van der Waals surface area (Å²) in [5.41, 5.74) is 0. The summed E-state index contributed by atoms with van der Waals surface area (Å²) in [4.78, 5) is 38.4. The van der Waals surface area contributed by atoms with Crippen molar-refractivity contribution in [2.24, 2.45) is 0 Å². The Bertz CT molecular complexity index is 1620. The maximum Gasteiger partial charge on any atom is 0.306 e. The van der Waals surface area contributed by atoms with Crippen LogP contribution < -0.4 is 0 Å². The van der Waals surface area contributed by atoms with Gasteiger partial charge in [-0.1, -0.05) is 290 Å². The van der Waals surface area contributed by atoms with E-state index in [0.717, 1.165) is 135 Å². The number of unbranched alkanes of at least 4 members (excludes halogenated alkanes) is 27. The Kier molecular flexibility index (Phi) is 61.8. The van der Waals surface area contributed by atoms with Crippen LogP contribution in [-0.4, -0.2) is 37.2 Å². The molecule has 0 aliphatic carbocycles. The van der Waals surface area contributed by atoms with E-state index in [0.29, 0.717) is 12.8 Å². The van der Waals surface area contributed by atoms with Gasteiger partial charge >= 0.3 is 17.9 Å². The second-order valence-corrected chi connectivity index (χ2v) is 21.3. The summed E-state index contributed by atoms with van der Waals surface area (Å²) in [6.45, 7) is 6.41. The van der Waals surface area contributed by atoms with Crippen molar-refractivity contribution < 1.29 is 28.6 Å². The second kappa shape index (κ2) is 65.3. The summed E-state index contributed by atoms with van der Waals surface area (Å²) in [6, 6.07) is 0. The van der Waals surface area contributed by atoms with Gasteiger partial charge in [0.05, 0.1) is 0 Å². The van der Waals surface area contributed by atoms with Gasteiger partial charge in [0.25, 0.3) is 0 Å². The van der Waals surface area contributed by atoms with E-state index < -0.39 is 6.10 Å². The first-order chi connectivity index (χ1) is 38.5. The maximum atomic E-state index is 12.9. The Labute approximate surface area is 482 Å². The lowest BCUT2D eigenvalue weighted by Gasteiger charge is -2.18. The molecule has 0 radical (unpaired) electrons. The number of ether oxygens (including phenoxy) is 3. The molecule has 1 atom stereocenters. The average molecular weight is 1080 g/mol.